The molecule has 7 heteroatoms. The second-order valence-corrected chi connectivity index (χ2v) is 6.84. The number of carboxylic acid groups (broad SMARTS) is 1. The summed E-state index contributed by atoms with van der Waals surface area (Å²) in [6.07, 6.45) is 3.02. The van der Waals surface area contributed by atoms with Gasteiger partial charge in [-0.1, -0.05) is 12.1 Å². The maximum atomic E-state index is 12.4. The van der Waals surface area contributed by atoms with Gasteiger partial charge in [-0.15, -0.1) is 0 Å². The van der Waals surface area contributed by atoms with Crippen molar-refractivity contribution in [3.63, 3.8) is 0 Å². The number of hydrogen-bond acceptors (Lipinski definition) is 4. The van der Waals surface area contributed by atoms with Gasteiger partial charge in [0.2, 0.25) is 10.0 Å². The van der Waals surface area contributed by atoms with E-state index in [0.29, 0.717) is 24.9 Å². The zero-order valence-electron chi connectivity index (χ0n) is 11.3. The average Bonchev–Trinajstić information content (AvgIpc) is 2.45. The first kappa shape index (κ1) is 15.7. The molecule has 0 aromatic heterocycles. The van der Waals surface area contributed by atoms with Crippen LogP contribution in [0.25, 0.3) is 6.08 Å². The van der Waals surface area contributed by atoms with Gasteiger partial charge in [0.15, 0.2) is 0 Å². The topological polar surface area (TPSA) is 94.9 Å². The van der Waals surface area contributed by atoms with Crippen LogP contribution in [0.4, 0.5) is 0 Å². The fourth-order valence-corrected chi connectivity index (χ4v) is 3.72. The van der Waals surface area contributed by atoms with E-state index < -0.39 is 22.1 Å². The number of piperidine rings is 1. The number of aliphatic hydroxyl groups excluding tert-OH is 1. The minimum absolute atomic E-state index is 0.114. The van der Waals surface area contributed by atoms with E-state index in [2.05, 4.69) is 0 Å². The maximum absolute atomic E-state index is 12.4. The Bertz CT molecular complexity index is 636. The van der Waals surface area contributed by atoms with Crippen molar-refractivity contribution in [1.29, 1.82) is 0 Å². The van der Waals surface area contributed by atoms with Gasteiger partial charge in [-0.05, 0) is 36.6 Å². The molecule has 2 rings (SSSR count). The molecule has 0 amide bonds. The fourth-order valence-electron chi connectivity index (χ4n) is 2.21. The van der Waals surface area contributed by atoms with Gasteiger partial charge < -0.3 is 10.2 Å². The summed E-state index contributed by atoms with van der Waals surface area (Å²) in [5.74, 6) is -1.06. The van der Waals surface area contributed by atoms with Gasteiger partial charge in [0, 0.05) is 19.2 Å². The van der Waals surface area contributed by atoms with Crippen LogP contribution in [0.2, 0.25) is 0 Å². The number of β-amino-alcohol motifs (C(OH)–C–C–N with tert-alkyl or cyclic N) is 1. The molecule has 1 aromatic carbocycles. The summed E-state index contributed by atoms with van der Waals surface area (Å²) in [5, 5.41) is 18.1. The molecule has 1 aliphatic heterocycles. The van der Waals surface area contributed by atoms with Crippen molar-refractivity contribution in [2.75, 3.05) is 13.1 Å². The Balaban J connectivity index is 2.19. The number of rotatable bonds is 4. The van der Waals surface area contributed by atoms with E-state index in [9.17, 15) is 18.3 Å². The molecule has 1 aromatic rings. The molecule has 0 bridgehead atoms. The molecule has 0 radical (unpaired) electrons. The molecular weight excluding hydrogens is 294 g/mol. The summed E-state index contributed by atoms with van der Waals surface area (Å²) in [6, 6.07) is 5.98. The predicted molar refractivity (Wildman–Crippen MR) is 77.1 cm³/mol. The summed E-state index contributed by atoms with van der Waals surface area (Å²) >= 11 is 0. The van der Waals surface area contributed by atoms with Crippen LogP contribution in [0.3, 0.4) is 0 Å². The van der Waals surface area contributed by atoms with Crippen molar-refractivity contribution < 1.29 is 23.4 Å². The van der Waals surface area contributed by atoms with Crippen molar-refractivity contribution in [3.8, 4) is 0 Å². The zero-order chi connectivity index (χ0) is 15.5. The molecule has 0 aliphatic carbocycles. The quantitative estimate of drug-likeness (QED) is 0.807. The van der Waals surface area contributed by atoms with Gasteiger partial charge in [-0.25, -0.2) is 13.2 Å². The number of aliphatic hydroxyl groups is 1. The van der Waals surface area contributed by atoms with Gasteiger partial charge >= 0.3 is 5.97 Å². The number of sulfonamides is 1. The van der Waals surface area contributed by atoms with Crippen LogP contribution in [0.5, 0.6) is 0 Å². The monoisotopic (exact) mass is 311 g/mol. The Labute approximate surface area is 123 Å². The first-order valence-corrected chi connectivity index (χ1v) is 8.03. The Morgan fingerprint density at radius 1 is 1.29 bits per heavy atom. The molecule has 1 heterocycles. The second kappa shape index (κ2) is 6.38. The van der Waals surface area contributed by atoms with E-state index in [1.54, 1.807) is 12.1 Å². The average molecular weight is 311 g/mol. The van der Waals surface area contributed by atoms with Gasteiger partial charge in [0.05, 0.1) is 11.0 Å². The Hall–Kier alpha value is -1.70. The molecule has 1 atom stereocenters. The van der Waals surface area contributed by atoms with Crippen LogP contribution >= 0.6 is 0 Å². The maximum Gasteiger partial charge on any atom is 0.328 e. The van der Waals surface area contributed by atoms with E-state index in [0.717, 1.165) is 6.08 Å². The molecule has 2 N–H and O–H groups in total. The molecule has 1 fully saturated rings. The summed E-state index contributed by atoms with van der Waals surface area (Å²) in [7, 11) is -3.61. The molecule has 0 spiro atoms. The lowest BCUT2D eigenvalue weighted by molar-refractivity contribution is -0.131. The minimum Gasteiger partial charge on any atom is -0.478 e. The van der Waals surface area contributed by atoms with E-state index in [-0.39, 0.29) is 11.4 Å². The zero-order valence-corrected chi connectivity index (χ0v) is 12.2. The smallest absolute Gasteiger partial charge is 0.328 e. The third-order valence-electron chi connectivity index (χ3n) is 3.30. The van der Waals surface area contributed by atoms with Crippen LogP contribution in [-0.2, 0) is 14.8 Å². The van der Waals surface area contributed by atoms with E-state index in [4.69, 9.17) is 5.11 Å². The Kier molecular flexibility index (Phi) is 4.76. The third-order valence-corrected chi connectivity index (χ3v) is 5.17. The number of aliphatic carboxylic acids is 1. The SMILES string of the molecule is O=C(O)/C=C/c1ccc(S(=O)(=O)N2CCCC(O)C2)cc1. The van der Waals surface area contributed by atoms with Gasteiger partial charge in [-0.3, -0.25) is 0 Å². The normalized spacial score (nSPS) is 20.7. The summed E-state index contributed by atoms with van der Waals surface area (Å²) < 4.78 is 26.1. The van der Waals surface area contributed by atoms with Crippen LogP contribution in [0.1, 0.15) is 18.4 Å². The van der Waals surface area contributed by atoms with Crippen molar-refractivity contribution in [3.05, 3.63) is 35.9 Å². The highest BCUT2D eigenvalue weighted by Gasteiger charge is 2.29. The van der Waals surface area contributed by atoms with E-state index in [1.165, 1.54) is 22.5 Å². The van der Waals surface area contributed by atoms with Crippen molar-refractivity contribution >= 4 is 22.1 Å². The van der Waals surface area contributed by atoms with Crippen LogP contribution in [-0.4, -0.2) is 48.1 Å². The standard InChI is InChI=1S/C14H17NO5S/c16-12-2-1-9-15(10-12)21(19,20)13-6-3-11(4-7-13)5-8-14(17)18/h3-8,12,16H,1-2,9-10H2,(H,17,18)/b8-5+. The Morgan fingerprint density at radius 3 is 2.52 bits per heavy atom. The van der Waals surface area contributed by atoms with Crippen LogP contribution in [0.15, 0.2) is 35.2 Å². The van der Waals surface area contributed by atoms with Crippen molar-refractivity contribution in [2.24, 2.45) is 0 Å². The van der Waals surface area contributed by atoms with Gasteiger partial charge in [0.25, 0.3) is 0 Å². The number of carboxylic acids is 1. The first-order chi connectivity index (χ1) is 9.89. The molecule has 0 saturated carbocycles. The minimum atomic E-state index is -3.61. The van der Waals surface area contributed by atoms with Crippen molar-refractivity contribution in [1.82, 2.24) is 4.31 Å². The summed E-state index contributed by atoms with van der Waals surface area (Å²) in [5.41, 5.74) is 0.607. The molecule has 1 aliphatic rings. The van der Waals surface area contributed by atoms with Gasteiger partial charge in [-0.2, -0.15) is 4.31 Å². The number of nitrogens with zero attached hydrogens (tertiary/aromatic N) is 1. The van der Waals surface area contributed by atoms with Crippen LogP contribution < -0.4 is 0 Å². The van der Waals surface area contributed by atoms with Crippen LogP contribution in [0, 0.1) is 0 Å². The molecule has 6 nitrogen and oxygen atoms in total. The van der Waals surface area contributed by atoms with E-state index in [1.807, 2.05) is 0 Å². The highest BCUT2D eigenvalue weighted by Crippen LogP contribution is 2.21. The van der Waals surface area contributed by atoms with Gasteiger partial charge in [0.1, 0.15) is 0 Å². The highest BCUT2D eigenvalue weighted by atomic mass is 32.2. The fraction of sp³-hybridized carbons (Fsp3) is 0.357. The number of benzene rings is 1. The molecule has 21 heavy (non-hydrogen) atoms. The molecule has 114 valence electrons. The molecular formula is C14H17NO5S. The lowest BCUT2D eigenvalue weighted by Gasteiger charge is -2.29. The van der Waals surface area contributed by atoms with Crippen molar-refractivity contribution in [2.45, 2.75) is 23.8 Å². The molecule has 1 unspecified atom stereocenters. The summed E-state index contributed by atoms with van der Waals surface area (Å²) in [6.45, 7) is 0.517. The third kappa shape index (κ3) is 3.90. The second-order valence-electron chi connectivity index (χ2n) is 4.90. The number of carbonyl (C=O) groups is 1. The largest absolute Gasteiger partial charge is 0.478 e. The highest BCUT2D eigenvalue weighted by molar-refractivity contribution is 7.89. The first-order valence-electron chi connectivity index (χ1n) is 6.59. The summed E-state index contributed by atoms with van der Waals surface area (Å²) in [4.78, 5) is 10.6. The van der Waals surface area contributed by atoms with E-state index >= 15 is 0 Å². The predicted octanol–water partition coefficient (Wildman–Crippen LogP) is 0.930. The number of hydrogen-bond donors (Lipinski definition) is 2. The lowest BCUT2D eigenvalue weighted by Crippen LogP contribution is -2.42. The lowest BCUT2D eigenvalue weighted by atomic mass is 10.1. The Morgan fingerprint density at radius 2 is 1.95 bits per heavy atom. The molecule has 1 saturated heterocycles.